The summed E-state index contributed by atoms with van der Waals surface area (Å²) in [4.78, 5) is 0. The van der Waals surface area contributed by atoms with E-state index in [-0.39, 0.29) is 6.04 Å². The highest BCUT2D eigenvalue weighted by atomic mass is 19.1. The van der Waals surface area contributed by atoms with E-state index >= 15 is 0 Å². The van der Waals surface area contributed by atoms with Crippen LogP contribution in [0.2, 0.25) is 0 Å². The van der Waals surface area contributed by atoms with Gasteiger partial charge in [0, 0.05) is 0 Å². The van der Waals surface area contributed by atoms with Gasteiger partial charge < -0.3 is 0 Å². The summed E-state index contributed by atoms with van der Waals surface area (Å²) < 4.78 is 26.9. The Bertz CT molecular complexity index is 594. The second-order valence-corrected chi connectivity index (χ2v) is 5.48. The van der Waals surface area contributed by atoms with Gasteiger partial charge in [-0.3, -0.25) is 11.3 Å². The zero-order valence-corrected chi connectivity index (χ0v) is 12.2. The van der Waals surface area contributed by atoms with Crippen LogP contribution in [0.1, 0.15) is 42.5 Å². The SMILES string of the molecule is CC(C)c1ccc(C(Cc2cc(F)ccc2F)NN)cc1. The molecule has 1 atom stereocenters. The van der Waals surface area contributed by atoms with Crippen LogP contribution in [-0.4, -0.2) is 0 Å². The number of nitrogens with two attached hydrogens (primary N) is 1. The molecular formula is C17H20F2N2. The van der Waals surface area contributed by atoms with Gasteiger partial charge in [0.15, 0.2) is 0 Å². The third kappa shape index (κ3) is 3.86. The van der Waals surface area contributed by atoms with Gasteiger partial charge in [0.2, 0.25) is 0 Å². The van der Waals surface area contributed by atoms with Gasteiger partial charge in [0.05, 0.1) is 6.04 Å². The van der Waals surface area contributed by atoms with Crippen molar-refractivity contribution in [1.29, 1.82) is 0 Å². The molecule has 2 aromatic carbocycles. The third-order valence-corrected chi connectivity index (χ3v) is 3.64. The van der Waals surface area contributed by atoms with Crippen molar-refractivity contribution in [3.8, 4) is 0 Å². The number of halogens is 2. The molecular weight excluding hydrogens is 270 g/mol. The van der Waals surface area contributed by atoms with Gasteiger partial charge in [0.25, 0.3) is 0 Å². The van der Waals surface area contributed by atoms with Crippen LogP contribution in [0, 0.1) is 11.6 Å². The second kappa shape index (κ2) is 6.78. The minimum atomic E-state index is -0.447. The van der Waals surface area contributed by atoms with Crippen LogP contribution in [-0.2, 0) is 6.42 Å². The highest BCUT2D eigenvalue weighted by molar-refractivity contribution is 5.29. The minimum absolute atomic E-state index is 0.262. The van der Waals surface area contributed by atoms with Crippen LogP contribution >= 0.6 is 0 Å². The molecule has 0 aliphatic carbocycles. The molecule has 21 heavy (non-hydrogen) atoms. The summed E-state index contributed by atoms with van der Waals surface area (Å²) in [5.74, 6) is 5.15. The minimum Gasteiger partial charge on any atom is -0.271 e. The fourth-order valence-electron chi connectivity index (χ4n) is 2.31. The largest absolute Gasteiger partial charge is 0.271 e. The Morgan fingerprint density at radius 2 is 1.62 bits per heavy atom. The summed E-state index contributed by atoms with van der Waals surface area (Å²) in [6.07, 6.45) is 0.293. The van der Waals surface area contributed by atoms with Crippen molar-refractivity contribution in [3.63, 3.8) is 0 Å². The topological polar surface area (TPSA) is 38.0 Å². The maximum Gasteiger partial charge on any atom is 0.126 e. The summed E-state index contributed by atoms with van der Waals surface area (Å²) in [5.41, 5.74) is 5.16. The lowest BCUT2D eigenvalue weighted by atomic mass is 9.95. The molecule has 3 N–H and O–H groups in total. The van der Waals surface area contributed by atoms with E-state index < -0.39 is 11.6 Å². The molecule has 2 aromatic rings. The Balaban J connectivity index is 2.21. The Morgan fingerprint density at radius 1 is 1.00 bits per heavy atom. The molecule has 2 rings (SSSR count). The summed E-state index contributed by atoms with van der Waals surface area (Å²) in [7, 11) is 0. The normalized spacial score (nSPS) is 12.7. The second-order valence-electron chi connectivity index (χ2n) is 5.48. The number of rotatable bonds is 5. The first-order chi connectivity index (χ1) is 10.0. The fourth-order valence-corrected chi connectivity index (χ4v) is 2.31. The summed E-state index contributed by atoms with van der Waals surface area (Å²) in [6.45, 7) is 4.24. The highest BCUT2D eigenvalue weighted by Gasteiger charge is 2.14. The third-order valence-electron chi connectivity index (χ3n) is 3.64. The van der Waals surface area contributed by atoms with E-state index in [1.54, 1.807) is 0 Å². The fraction of sp³-hybridized carbons (Fsp3) is 0.294. The Kier molecular flexibility index (Phi) is 5.04. The van der Waals surface area contributed by atoms with Crippen molar-refractivity contribution in [2.75, 3.05) is 0 Å². The van der Waals surface area contributed by atoms with E-state index in [0.717, 1.165) is 17.7 Å². The van der Waals surface area contributed by atoms with Gasteiger partial charge in [-0.2, -0.15) is 0 Å². The van der Waals surface area contributed by atoms with Crippen LogP contribution < -0.4 is 11.3 Å². The lowest BCUT2D eigenvalue weighted by Gasteiger charge is -2.18. The average Bonchev–Trinajstić information content (AvgIpc) is 2.48. The molecule has 0 saturated heterocycles. The van der Waals surface area contributed by atoms with E-state index in [2.05, 4.69) is 19.3 Å². The first kappa shape index (κ1) is 15.6. The van der Waals surface area contributed by atoms with E-state index in [1.807, 2.05) is 24.3 Å². The molecule has 4 heteroatoms. The molecule has 112 valence electrons. The van der Waals surface area contributed by atoms with Crippen molar-refractivity contribution in [2.45, 2.75) is 32.2 Å². The summed E-state index contributed by atoms with van der Waals surface area (Å²) >= 11 is 0. The number of hydrogen-bond acceptors (Lipinski definition) is 2. The van der Waals surface area contributed by atoms with E-state index in [4.69, 9.17) is 5.84 Å². The standard InChI is InChI=1S/C17H20F2N2/c1-11(2)12-3-5-13(6-4-12)17(21-20)10-14-9-15(18)7-8-16(14)19/h3-9,11,17,21H,10,20H2,1-2H3. The van der Waals surface area contributed by atoms with Crippen molar-refractivity contribution >= 4 is 0 Å². The smallest absolute Gasteiger partial charge is 0.126 e. The van der Waals surface area contributed by atoms with Crippen molar-refractivity contribution in [3.05, 3.63) is 70.8 Å². The molecule has 0 saturated carbocycles. The van der Waals surface area contributed by atoms with Crippen LogP contribution in [0.5, 0.6) is 0 Å². The predicted molar refractivity (Wildman–Crippen MR) is 80.7 cm³/mol. The van der Waals surface area contributed by atoms with E-state index in [0.29, 0.717) is 17.9 Å². The van der Waals surface area contributed by atoms with Crippen molar-refractivity contribution < 1.29 is 8.78 Å². The molecule has 0 bridgehead atoms. The Morgan fingerprint density at radius 3 is 2.19 bits per heavy atom. The van der Waals surface area contributed by atoms with Crippen molar-refractivity contribution in [2.24, 2.45) is 5.84 Å². The van der Waals surface area contributed by atoms with Gasteiger partial charge >= 0.3 is 0 Å². The number of nitrogens with one attached hydrogen (secondary N) is 1. The van der Waals surface area contributed by atoms with E-state index in [9.17, 15) is 8.78 Å². The zero-order valence-electron chi connectivity index (χ0n) is 12.2. The first-order valence-corrected chi connectivity index (χ1v) is 7.01. The highest BCUT2D eigenvalue weighted by Crippen LogP contribution is 2.22. The van der Waals surface area contributed by atoms with Crippen LogP contribution in [0.4, 0.5) is 8.78 Å². The maximum absolute atomic E-state index is 13.7. The van der Waals surface area contributed by atoms with Crippen molar-refractivity contribution in [1.82, 2.24) is 5.43 Å². The molecule has 0 heterocycles. The molecule has 0 amide bonds. The lowest BCUT2D eigenvalue weighted by Crippen LogP contribution is -2.29. The number of hydrazine groups is 1. The van der Waals surface area contributed by atoms with Gasteiger partial charge in [0.1, 0.15) is 11.6 Å². The van der Waals surface area contributed by atoms with Crippen LogP contribution in [0.25, 0.3) is 0 Å². The van der Waals surface area contributed by atoms with E-state index in [1.165, 1.54) is 11.6 Å². The predicted octanol–water partition coefficient (Wildman–Crippen LogP) is 3.84. The molecule has 0 radical (unpaired) electrons. The quantitative estimate of drug-likeness (QED) is 0.648. The van der Waals surface area contributed by atoms with Gasteiger partial charge in [-0.25, -0.2) is 8.78 Å². The molecule has 0 fully saturated rings. The number of benzene rings is 2. The Hall–Kier alpha value is -1.78. The van der Waals surface area contributed by atoms with Crippen LogP contribution in [0.3, 0.4) is 0 Å². The molecule has 0 aliphatic heterocycles. The van der Waals surface area contributed by atoms with Gasteiger partial charge in [-0.05, 0) is 47.2 Å². The first-order valence-electron chi connectivity index (χ1n) is 7.01. The summed E-state index contributed by atoms with van der Waals surface area (Å²) in [6, 6.07) is 11.2. The monoisotopic (exact) mass is 290 g/mol. The maximum atomic E-state index is 13.7. The Labute approximate surface area is 124 Å². The lowest BCUT2D eigenvalue weighted by molar-refractivity contribution is 0.522. The molecule has 0 aromatic heterocycles. The average molecular weight is 290 g/mol. The molecule has 2 nitrogen and oxygen atoms in total. The van der Waals surface area contributed by atoms with Gasteiger partial charge in [-0.15, -0.1) is 0 Å². The molecule has 0 spiro atoms. The van der Waals surface area contributed by atoms with Gasteiger partial charge in [-0.1, -0.05) is 38.1 Å². The molecule has 1 unspecified atom stereocenters. The number of hydrogen-bond donors (Lipinski definition) is 2. The summed E-state index contributed by atoms with van der Waals surface area (Å²) in [5, 5.41) is 0. The van der Waals surface area contributed by atoms with Crippen LogP contribution in [0.15, 0.2) is 42.5 Å². The zero-order chi connectivity index (χ0) is 15.4. The molecule has 0 aliphatic rings.